The van der Waals surface area contributed by atoms with E-state index < -0.39 is 20.4 Å². The number of hydrogen-bond donors (Lipinski definition) is 1. The average molecular weight is 476 g/mol. The van der Waals surface area contributed by atoms with E-state index in [0.717, 1.165) is 30.9 Å². The molecule has 0 spiro atoms. The lowest BCUT2D eigenvalue weighted by molar-refractivity contribution is 0.375. The van der Waals surface area contributed by atoms with Gasteiger partial charge in [-0.25, -0.2) is 0 Å². The molecule has 4 rings (SSSR count). The van der Waals surface area contributed by atoms with Gasteiger partial charge in [-0.1, -0.05) is 51.6 Å². The standard InChI is InChI=1S/C18H19Cl2N3O4S2/c19-17-5-1-3-13-11-22(9-7-15(13)17)28(24,25)21-29(26,27)23-10-8-16-14(12-23)4-2-6-18(16)20/h1-6,21H,7-12H2. The van der Waals surface area contributed by atoms with Crippen molar-refractivity contribution >= 4 is 43.6 Å². The van der Waals surface area contributed by atoms with Crippen LogP contribution in [0, 0.1) is 0 Å². The van der Waals surface area contributed by atoms with Gasteiger partial charge >= 0.3 is 0 Å². The topological polar surface area (TPSA) is 86.8 Å². The fourth-order valence-corrected chi connectivity index (χ4v) is 7.49. The number of fused-ring (bicyclic) bond motifs is 2. The Bertz CT molecular complexity index is 1080. The molecule has 2 aliphatic heterocycles. The molecular formula is C18H19Cl2N3O4S2. The van der Waals surface area contributed by atoms with Gasteiger partial charge in [-0.05, 0) is 47.2 Å². The van der Waals surface area contributed by atoms with Crippen molar-refractivity contribution in [3.8, 4) is 0 Å². The highest BCUT2D eigenvalue weighted by Crippen LogP contribution is 2.29. The summed E-state index contributed by atoms with van der Waals surface area (Å²) in [5, 5.41) is 1.18. The predicted octanol–water partition coefficient (Wildman–Crippen LogP) is 2.49. The summed E-state index contributed by atoms with van der Waals surface area (Å²) in [5.74, 6) is 0. The molecule has 0 bridgehead atoms. The SMILES string of the molecule is O=S(=O)(NS(=O)(=O)N1CCc2c(Cl)cccc2C1)N1CCc2c(Cl)cccc2C1. The predicted molar refractivity (Wildman–Crippen MR) is 112 cm³/mol. The molecule has 0 fully saturated rings. The second-order valence-electron chi connectivity index (χ2n) is 7.02. The van der Waals surface area contributed by atoms with E-state index in [2.05, 4.69) is 0 Å². The van der Waals surface area contributed by atoms with Gasteiger partial charge in [0, 0.05) is 36.2 Å². The molecule has 0 amide bonds. The Labute approximate surface area is 180 Å². The lowest BCUT2D eigenvalue weighted by Crippen LogP contribution is -2.51. The molecule has 156 valence electrons. The zero-order valence-electron chi connectivity index (χ0n) is 15.3. The average Bonchev–Trinajstić information content (AvgIpc) is 2.67. The van der Waals surface area contributed by atoms with Crippen molar-refractivity contribution in [1.82, 2.24) is 12.7 Å². The molecule has 11 heteroatoms. The smallest absolute Gasteiger partial charge is 0.194 e. The number of rotatable bonds is 4. The first kappa shape index (κ1) is 21.0. The van der Waals surface area contributed by atoms with Gasteiger partial charge in [0.05, 0.1) is 0 Å². The lowest BCUT2D eigenvalue weighted by Gasteiger charge is -2.31. The van der Waals surface area contributed by atoms with Gasteiger partial charge in [-0.3, -0.25) is 0 Å². The van der Waals surface area contributed by atoms with E-state index in [-0.39, 0.29) is 26.2 Å². The molecule has 0 aliphatic carbocycles. The fourth-order valence-electron chi connectivity index (χ4n) is 3.72. The van der Waals surface area contributed by atoms with E-state index in [1.165, 1.54) is 0 Å². The largest absolute Gasteiger partial charge is 0.293 e. The van der Waals surface area contributed by atoms with E-state index in [4.69, 9.17) is 23.2 Å². The number of nitrogens with zero attached hydrogens (tertiary/aromatic N) is 2. The maximum atomic E-state index is 12.8. The van der Waals surface area contributed by atoms with Crippen molar-refractivity contribution in [3.63, 3.8) is 0 Å². The van der Waals surface area contributed by atoms with E-state index >= 15 is 0 Å². The van der Waals surface area contributed by atoms with Crippen molar-refractivity contribution in [2.24, 2.45) is 0 Å². The van der Waals surface area contributed by atoms with Crippen LogP contribution >= 0.6 is 23.2 Å². The first-order valence-corrected chi connectivity index (χ1v) is 12.6. The Kier molecular flexibility index (Phi) is 5.67. The van der Waals surface area contributed by atoms with E-state index in [1.54, 1.807) is 36.4 Å². The minimum atomic E-state index is -4.25. The second kappa shape index (κ2) is 7.81. The summed E-state index contributed by atoms with van der Waals surface area (Å²) in [7, 11) is -8.49. The minimum Gasteiger partial charge on any atom is -0.194 e. The quantitative estimate of drug-likeness (QED) is 0.735. The van der Waals surface area contributed by atoms with Crippen molar-refractivity contribution in [1.29, 1.82) is 0 Å². The second-order valence-corrected chi connectivity index (χ2v) is 11.4. The van der Waals surface area contributed by atoms with Gasteiger partial charge in [-0.2, -0.15) is 25.4 Å². The molecule has 2 aromatic carbocycles. The van der Waals surface area contributed by atoms with Crippen LogP contribution in [-0.4, -0.2) is 38.5 Å². The molecule has 0 saturated carbocycles. The molecular weight excluding hydrogens is 457 g/mol. The number of hydrogen-bond acceptors (Lipinski definition) is 4. The van der Waals surface area contributed by atoms with Crippen LogP contribution < -0.4 is 4.13 Å². The Hall–Kier alpha value is -1.20. The maximum Gasteiger partial charge on any atom is 0.293 e. The van der Waals surface area contributed by atoms with Gasteiger partial charge in [0.25, 0.3) is 20.4 Å². The number of nitrogens with one attached hydrogen (secondary N) is 1. The van der Waals surface area contributed by atoms with Crippen LogP contribution in [-0.2, 0) is 46.3 Å². The summed E-state index contributed by atoms with van der Waals surface area (Å²) in [6.45, 7) is 0.443. The van der Waals surface area contributed by atoms with Crippen LogP contribution in [0.3, 0.4) is 0 Å². The van der Waals surface area contributed by atoms with Crippen LogP contribution in [0.1, 0.15) is 22.3 Å². The molecule has 29 heavy (non-hydrogen) atoms. The first-order chi connectivity index (χ1) is 13.7. The zero-order valence-corrected chi connectivity index (χ0v) is 18.5. The molecule has 2 aliphatic rings. The third-order valence-corrected chi connectivity index (χ3v) is 9.61. The summed E-state index contributed by atoms with van der Waals surface area (Å²) in [5.41, 5.74) is 3.34. The fraction of sp³-hybridized carbons (Fsp3) is 0.333. The van der Waals surface area contributed by atoms with Crippen molar-refractivity contribution in [2.45, 2.75) is 25.9 Å². The minimum absolute atomic E-state index is 0.0686. The van der Waals surface area contributed by atoms with Gasteiger partial charge in [0.15, 0.2) is 0 Å². The molecule has 0 unspecified atom stereocenters. The molecule has 2 aromatic rings. The van der Waals surface area contributed by atoms with E-state index in [9.17, 15) is 16.8 Å². The van der Waals surface area contributed by atoms with E-state index in [0.29, 0.717) is 22.9 Å². The monoisotopic (exact) mass is 475 g/mol. The van der Waals surface area contributed by atoms with Crippen molar-refractivity contribution < 1.29 is 16.8 Å². The summed E-state index contributed by atoms with van der Waals surface area (Å²) in [6.07, 6.45) is 0.844. The van der Waals surface area contributed by atoms with Crippen LogP contribution in [0.4, 0.5) is 0 Å². The highest BCUT2D eigenvalue weighted by Gasteiger charge is 2.35. The Morgan fingerprint density at radius 2 is 1.14 bits per heavy atom. The number of benzene rings is 2. The third-order valence-electron chi connectivity index (χ3n) is 5.24. The van der Waals surface area contributed by atoms with Crippen LogP contribution in [0.25, 0.3) is 0 Å². The van der Waals surface area contributed by atoms with Gasteiger partial charge in [-0.15, -0.1) is 0 Å². The zero-order chi connectivity index (χ0) is 20.8. The Morgan fingerprint density at radius 3 is 1.55 bits per heavy atom. The Balaban J connectivity index is 1.52. The molecule has 0 aromatic heterocycles. The van der Waals surface area contributed by atoms with Crippen LogP contribution in [0.15, 0.2) is 36.4 Å². The maximum absolute atomic E-state index is 12.8. The molecule has 0 radical (unpaired) electrons. The summed E-state index contributed by atoms with van der Waals surface area (Å²) in [4.78, 5) is 0. The van der Waals surface area contributed by atoms with Crippen LogP contribution in [0.2, 0.25) is 10.0 Å². The van der Waals surface area contributed by atoms with Crippen molar-refractivity contribution in [2.75, 3.05) is 13.1 Å². The molecule has 7 nitrogen and oxygen atoms in total. The van der Waals surface area contributed by atoms with E-state index in [1.807, 2.05) is 4.13 Å². The first-order valence-electron chi connectivity index (χ1n) is 8.99. The number of halogens is 2. The Morgan fingerprint density at radius 1 is 0.724 bits per heavy atom. The molecule has 0 atom stereocenters. The van der Waals surface area contributed by atoms with Crippen LogP contribution in [0.5, 0.6) is 0 Å². The normalized spacial score (nSPS) is 18.3. The molecule has 1 N–H and O–H groups in total. The third kappa shape index (κ3) is 4.18. The highest BCUT2D eigenvalue weighted by molar-refractivity contribution is 8.02. The molecule has 0 saturated heterocycles. The molecule has 2 heterocycles. The van der Waals surface area contributed by atoms with Gasteiger partial charge < -0.3 is 0 Å². The highest BCUT2D eigenvalue weighted by atomic mass is 35.5. The summed E-state index contributed by atoms with van der Waals surface area (Å²) in [6, 6.07) is 10.6. The summed E-state index contributed by atoms with van der Waals surface area (Å²) < 4.78 is 55.3. The van der Waals surface area contributed by atoms with Crippen molar-refractivity contribution in [3.05, 3.63) is 68.7 Å². The lowest BCUT2D eigenvalue weighted by atomic mass is 10.0. The summed E-state index contributed by atoms with van der Waals surface area (Å²) >= 11 is 12.3. The van der Waals surface area contributed by atoms with Gasteiger partial charge in [0.2, 0.25) is 0 Å². The van der Waals surface area contributed by atoms with Gasteiger partial charge in [0.1, 0.15) is 0 Å².